The third-order valence-electron chi connectivity index (χ3n) is 4.43. The van der Waals surface area contributed by atoms with Gasteiger partial charge in [0.05, 0.1) is 6.61 Å². The van der Waals surface area contributed by atoms with Gasteiger partial charge in [0.25, 0.3) is 0 Å². The van der Waals surface area contributed by atoms with Gasteiger partial charge in [-0.25, -0.2) is 4.79 Å². The third-order valence-corrected chi connectivity index (χ3v) is 4.43. The Morgan fingerprint density at radius 1 is 1.21 bits per heavy atom. The number of carbonyl (C=O) groups excluding carboxylic acids is 1. The lowest BCUT2D eigenvalue weighted by molar-refractivity contribution is -0.0198. The van der Waals surface area contributed by atoms with E-state index in [0.717, 1.165) is 52.1 Å². The van der Waals surface area contributed by atoms with Crippen LogP contribution in [0.25, 0.3) is 0 Å². The van der Waals surface area contributed by atoms with Crippen molar-refractivity contribution in [3.8, 4) is 0 Å². The molecule has 2 aliphatic rings. The van der Waals surface area contributed by atoms with E-state index in [0.29, 0.717) is 0 Å². The van der Waals surface area contributed by atoms with Crippen LogP contribution in [-0.2, 0) is 0 Å². The number of hydrogen-bond acceptors (Lipinski definition) is 4. The topological polar surface area (TPSA) is 59.1 Å². The maximum Gasteiger partial charge on any atom is 0.319 e. The lowest BCUT2D eigenvalue weighted by Gasteiger charge is -2.49. The molecule has 0 radical (unpaired) electrons. The van der Waals surface area contributed by atoms with Crippen LogP contribution in [0.4, 0.5) is 4.79 Å². The molecule has 6 heteroatoms. The Morgan fingerprint density at radius 3 is 2.26 bits per heavy atom. The molecule has 0 spiro atoms. The zero-order chi connectivity index (χ0) is 13.9. The van der Waals surface area contributed by atoms with Crippen molar-refractivity contribution in [2.75, 3.05) is 60.0 Å². The molecule has 2 fully saturated rings. The van der Waals surface area contributed by atoms with Gasteiger partial charge >= 0.3 is 6.03 Å². The summed E-state index contributed by atoms with van der Waals surface area (Å²) in [5, 5.41) is 13.2. The highest BCUT2D eigenvalue weighted by atomic mass is 16.3. The highest BCUT2D eigenvalue weighted by Gasteiger charge is 2.40. The second-order valence-electron chi connectivity index (χ2n) is 5.78. The molecular weight excluding hydrogens is 244 g/mol. The Kier molecular flexibility index (Phi) is 4.65. The van der Waals surface area contributed by atoms with E-state index >= 15 is 0 Å². The van der Waals surface area contributed by atoms with E-state index in [-0.39, 0.29) is 18.2 Å². The third kappa shape index (κ3) is 3.01. The molecule has 0 saturated carbocycles. The molecule has 0 aromatic carbocycles. The van der Waals surface area contributed by atoms with Crippen LogP contribution in [-0.4, -0.2) is 91.3 Å². The van der Waals surface area contributed by atoms with E-state index in [1.807, 2.05) is 4.90 Å². The van der Waals surface area contributed by atoms with Crippen molar-refractivity contribution in [2.45, 2.75) is 18.4 Å². The number of nitrogens with zero attached hydrogens (tertiary/aromatic N) is 3. The highest BCUT2D eigenvalue weighted by molar-refractivity contribution is 5.73. The Morgan fingerprint density at radius 2 is 1.79 bits per heavy atom. The van der Waals surface area contributed by atoms with Gasteiger partial charge in [0.15, 0.2) is 0 Å². The molecule has 2 heterocycles. The predicted octanol–water partition coefficient (Wildman–Crippen LogP) is -0.600. The summed E-state index contributed by atoms with van der Waals surface area (Å²) in [6.07, 6.45) is 1.73. The van der Waals surface area contributed by atoms with Crippen molar-refractivity contribution in [1.82, 2.24) is 20.0 Å². The second kappa shape index (κ2) is 6.07. The summed E-state index contributed by atoms with van der Waals surface area (Å²) < 4.78 is 0. The molecule has 0 aromatic heterocycles. The van der Waals surface area contributed by atoms with Crippen molar-refractivity contribution in [3.05, 3.63) is 0 Å². The van der Waals surface area contributed by atoms with Gasteiger partial charge in [0.1, 0.15) is 0 Å². The number of likely N-dealkylation sites (tertiary alicyclic amines) is 1. The number of hydrogen-bond donors (Lipinski definition) is 2. The molecule has 6 nitrogen and oxygen atoms in total. The van der Waals surface area contributed by atoms with Gasteiger partial charge in [0, 0.05) is 58.9 Å². The molecule has 19 heavy (non-hydrogen) atoms. The first-order chi connectivity index (χ1) is 9.09. The quantitative estimate of drug-likeness (QED) is 0.703. The van der Waals surface area contributed by atoms with Crippen LogP contribution < -0.4 is 5.32 Å². The van der Waals surface area contributed by atoms with Gasteiger partial charge < -0.3 is 20.2 Å². The normalized spacial score (nSPS) is 24.3. The largest absolute Gasteiger partial charge is 0.394 e. The number of carbonyl (C=O) groups is 1. The Balaban J connectivity index is 1.96. The van der Waals surface area contributed by atoms with E-state index in [1.165, 1.54) is 0 Å². The molecule has 110 valence electrons. The van der Waals surface area contributed by atoms with Crippen molar-refractivity contribution in [3.63, 3.8) is 0 Å². The minimum absolute atomic E-state index is 0.0758. The SMILES string of the molecule is CN(C)C(=O)N1CCC(CO)(N2CCNCC2)CC1. The molecule has 0 unspecified atom stereocenters. The number of amides is 2. The van der Waals surface area contributed by atoms with Crippen LogP contribution in [0.2, 0.25) is 0 Å². The standard InChI is InChI=1S/C13H26N4O2/c1-15(2)12(19)16-7-3-13(11-18,4-8-16)17-9-5-14-6-10-17/h14,18H,3-11H2,1-2H3. The van der Waals surface area contributed by atoms with Gasteiger partial charge in [-0.15, -0.1) is 0 Å². The molecule has 0 aromatic rings. The van der Waals surface area contributed by atoms with Crippen LogP contribution >= 0.6 is 0 Å². The van der Waals surface area contributed by atoms with E-state index in [9.17, 15) is 9.90 Å². The Bertz CT molecular complexity index is 308. The maximum absolute atomic E-state index is 11.9. The van der Waals surface area contributed by atoms with Crippen LogP contribution in [0, 0.1) is 0 Å². The molecule has 2 amide bonds. The van der Waals surface area contributed by atoms with Gasteiger partial charge in [0.2, 0.25) is 0 Å². The predicted molar refractivity (Wildman–Crippen MR) is 74.1 cm³/mol. The smallest absolute Gasteiger partial charge is 0.319 e. The molecule has 2 saturated heterocycles. The number of nitrogens with one attached hydrogen (secondary N) is 1. The molecule has 2 N–H and O–H groups in total. The van der Waals surface area contributed by atoms with Crippen LogP contribution in [0.3, 0.4) is 0 Å². The van der Waals surface area contributed by atoms with E-state index < -0.39 is 0 Å². The van der Waals surface area contributed by atoms with Crippen LogP contribution in [0.5, 0.6) is 0 Å². The number of urea groups is 1. The number of piperidine rings is 1. The molecule has 0 bridgehead atoms. The van der Waals surface area contributed by atoms with Crippen molar-refractivity contribution >= 4 is 6.03 Å². The summed E-state index contributed by atoms with van der Waals surface area (Å²) in [5.74, 6) is 0. The minimum atomic E-state index is -0.120. The highest BCUT2D eigenvalue weighted by Crippen LogP contribution is 2.29. The zero-order valence-electron chi connectivity index (χ0n) is 12.1. The van der Waals surface area contributed by atoms with Gasteiger partial charge in [-0.3, -0.25) is 4.90 Å². The summed E-state index contributed by atoms with van der Waals surface area (Å²) >= 11 is 0. The summed E-state index contributed by atoms with van der Waals surface area (Å²) in [6, 6.07) is 0.0758. The minimum Gasteiger partial charge on any atom is -0.394 e. The summed E-state index contributed by atoms with van der Waals surface area (Å²) in [6.45, 7) is 5.62. The average molecular weight is 270 g/mol. The fourth-order valence-corrected chi connectivity index (χ4v) is 3.11. The first-order valence-electron chi connectivity index (χ1n) is 7.12. The fourth-order valence-electron chi connectivity index (χ4n) is 3.11. The summed E-state index contributed by atoms with van der Waals surface area (Å²) in [4.78, 5) is 17.8. The fraction of sp³-hybridized carbons (Fsp3) is 0.923. The summed E-state index contributed by atoms with van der Waals surface area (Å²) in [5.41, 5.74) is -0.120. The van der Waals surface area contributed by atoms with E-state index in [1.54, 1.807) is 19.0 Å². The average Bonchev–Trinajstić information content (AvgIpc) is 2.47. The second-order valence-corrected chi connectivity index (χ2v) is 5.78. The monoisotopic (exact) mass is 270 g/mol. The van der Waals surface area contributed by atoms with Gasteiger partial charge in [-0.2, -0.15) is 0 Å². The van der Waals surface area contributed by atoms with E-state index in [4.69, 9.17) is 0 Å². The number of rotatable bonds is 2. The number of aliphatic hydroxyl groups is 1. The molecule has 2 aliphatic heterocycles. The zero-order valence-corrected chi connectivity index (χ0v) is 12.1. The maximum atomic E-state index is 11.9. The Labute approximate surface area is 115 Å². The lowest BCUT2D eigenvalue weighted by Crippen LogP contribution is -2.62. The number of aliphatic hydroxyl groups excluding tert-OH is 1. The van der Waals surface area contributed by atoms with Gasteiger partial charge in [-0.05, 0) is 12.8 Å². The van der Waals surface area contributed by atoms with Crippen molar-refractivity contribution < 1.29 is 9.90 Å². The molecule has 2 rings (SSSR count). The van der Waals surface area contributed by atoms with Crippen LogP contribution in [0.15, 0.2) is 0 Å². The Hall–Kier alpha value is -0.850. The molecular formula is C13H26N4O2. The first kappa shape index (κ1) is 14.6. The van der Waals surface area contributed by atoms with Crippen LogP contribution in [0.1, 0.15) is 12.8 Å². The first-order valence-corrected chi connectivity index (χ1v) is 7.12. The van der Waals surface area contributed by atoms with Crippen molar-refractivity contribution in [1.29, 1.82) is 0 Å². The number of piperazine rings is 1. The lowest BCUT2D eigenvalue weighted by atomic mass is 9.86. The summed E-state index contributed by atoms with van der Waals surface area (Å²) in [7, 11) is 3.57. The molecule has 0 aliphatic carbocycles. The van der Waals surface area contributed by atoms with Crippen molar-refractivity contribution in [2.24, 2.45) is 0 Å². The van der Waals surface area contributed by atoms with Gasteiger partial charge in [-0.1, -0.05) is 0 Å². The van der Waals surface area contributed by atoms with E-state index in [2.05, 4.69) is 10.2 Å². The molecule has 0 atom stereocenters.